The van der Waals surface area contributed by atoms with Crippen molar-refractivity contribution in [2.75, 3.05) is 11.9 Å². The van der Waals surface area contributed by atoms with Gasteiger partial charge in [-0.2, -0.15) is 0 Å². The minimum atomic E-state index is -0.322. The number of hydrogen-bond donors (Lipinski definition) is 1. The first-order valence-corrected chi connectivity index (χ1v) is 10.9. The van der Waals surface area contributed by atoms with Crippen LogP contribution >= 0.6 is 23.2 Å². The summed E-state index contributed by atoms with van der Waals surface area (Å²) in [5, 5.41) is 3.53. The van der Waals surface area contributed by atoms with Gasteiger partial charge in [-0.1, -0.05) is 53.5 Å². The molecule has 2 amide bonds. The first-order chi connectivity index (χ1) is 15.5. The number of nitrogens with one attached hydrogen (secondary N) is 1. The molecule has 0 saturated carbocycles. The predicted molar refractivity (Wildman–Crippen MR) is 124 cm³/mol. The lowest BCUT2D eigenvalue weighted by molar-refractivity contribution is 0.199. The van der Waals surface area contributed by atoms with E-state index in [1.54, 1.807) is 59.5 Å². The SMILES string of the molecule is O=C(Nc1c(Cl)cccc1Cl)N1CCCC1c1nc2cc(-c3ccccc3F)ccc2o1. The molecule has 3 aromatic carbocycles. The Bertz CT molecular complexity index is 1300. The number of oxazole rings is 1. The zero-order valence-electron chi connectivity index (χ0n) is 16.8. The van der Waals surface area contributed by atoms with E-state index in [0.29, 0.717) is 50.4 Å². The van der Waals surface area contributed by atoms with E-state index in [2.05, 4.69) is 10.3 Å². The molecule has 162 valence electrons. The molecule has 1 N–H and O–H groups in total. The number of urea groups is 1. The van der Waals surface area contributed by atoms with Gasteiger partial charge < -0.3 is 14.6 Å². The highest BCUT2D eigenvalue weighted by atomic mass is 35.5. The number of benzene rings is 3. The van der Waals surface area contributed by atoms with Gasteiger partial charge in [0.25, 0.3) is 0 Å². The molecule has 4 aromatic rings. The van der Waals surface area contributed by atoms with Gasteiger partial charge >= 0.3 is 6.03 Å². The van der Waals surface area contributed by atoms with Gasteiger partial charge in [-0.05, 0) is 48.7 Å². The Morgan fingerprint density at radius 3 is 2.66 bits per heavy atom. The molecule has 2 heterocycles. The van der Waals surface area contributed by atoms with E-state index in [9.17, 15) is 9.18 Å². The summed E-state index contributed by atoms with van der Waals surface area (Å²) in [4.78, 5) is 19.3. The number of aromatic nitrogens is 1. The second-order valence-corrected chi connectivity index (χ2v) is 8.41. The van der Waals surface area contributed by atoms with E-state index in [1.165, 1.54) is 6.07 Å². The molecule has 0 aliphatic carbocycles. The van der Waals surface area contributed by atoms with Gasteiger partial charge in [-0.25, -0.2) is 14.2 Å². The Labute approximate surface area is 193 Å². The normalized spacial score (nSPS) is 16.0. The zero-order valence-corrected chi connectivity index (χ0v) is 18.3. The van der Waals surface area contributed by atoms with Gasteiger partial charge in [0.15, 0.2) is 5.58 Å². The number of nitrogens with zero attached hydrogens (tertiary/aromatic N) is 2. The Hall–Kier alpha value is -3.09. The third-order valence-electron chi connectivity index (χ3n) is 5.58. The number of para-hydroxylation sites is 1. The Morgan fingerprint density at radius 1 is 1.09 bits per heavy atom. The summed E-state index contributed by atoms with van der Waals surface area (Å²) in [7, 11) is 0. The standard InChI is InChI=1S/C24H18Cl2FN3O2/c25-16-6-3-7-17(26)22(16)29-24(31)30-12-4-9-20(30)23-28-19-13-14(10-11-21(19)32-23)15-5-1-2-8-18(15)27/h1-3,5-8,10-11,13,20H,4,9,12H2,(H,29,31). The zero-order chi connectivity index (χ0) is 22.2. The van der Waals surface area contributed by atoms with Crippen LogP contribution in [0.1, 0.15) is 24.8 Å². The molecule has 5 rings (SSSR count). The summed E-state index contributed by atoms with van der Waals surface area (Å²) in [6, 6.07) is 16.4. The summed E-state index contributed by atoms with van der Waals surface area (Å²) in [6.45, 7) is 0.553. The minimum absolute atomic E-state index is 0.299. The minimum Gasteiger partial charge on any atom is -0.438 e. The van der Waals surface area contributed by atoms with Crippen LogP contribution < -0.4 is 5.32 Å². The Kier molecular flexibility index (Phi) is 5.49. The first-order valence-electron chi connectivity index (χ1n) is 10.2. The van der Waals surface area contributed by atoms with Gasteiger partial charge in [-0.15, -0.1) is 0 Å². The highest BCUT2D eigenvalue weighted by molar-refractivity contribution is 6.39. The topological polar surface area (TPSA) is 58.4 Å². The molecular weight excluding hydrogens is 452 g/mol. The molecule has 1 fully saturated rings. The molecule has 1 atom stereocenters. The van der Waals surface area contributed by atoms with Crippen molar-refractivity contribution in [2.45, 2.75) is 18.9 Å². The lowest BCUT2D eigenvalue weighted by Crippen LogP contribution is -2.34. The van der Waals surface area contributed by atoms with E-state index in [0.717, 1.165) is 12.8 Å². The molecule has 0 bridgehead atoms. The van der Waals surface area contributed by atoms with Crippen LogP contribution in [-0.2, 0) is 0 Å². The lowest BCUT2D eigenvalue weighted by Gasteiger charge is -2.23. The molecule has 1 unspecified atom stereocenters. The summed E-state index contributed by atoms with van der Waals surface area (Å²) < 4.78 is 20.2. The van der Waals surface area contributed by atoms with Crippen LogP contribution in [0.15, 0.2) is 65.1 Å². The molecule has 8 heteroatoms. The van der Waals surface area contributed by atoms with E-state index in [4.69, 9.17) is 27.6 Å². The van der Waals surface area contributed by atoms with Crippen LogP contribution in [0.5, 0.6) is 0 Å². The van der Waals surface area contributed by atoms with Gasteiger partial charge in [0.1, 0.15) is 17.4 Å². The Balaban J connectivity index is 1.42. The Morgan fingerprint density at radius 2 is 1.88 bits per heavy atom. The number of likely N-dealkylation sites (tertiary alicyclic amines) is 1. The third kappa shape index (κ3) is 3.80. The van der Waals surface area contributed by atoms with Crippen LogP contribution in [0.3, 0.4) is 0 Å². The quantitative estimate of drug-likeness (QED) is 0.342. The average Bonchev–Trinajstić information content (AvgIpc) is 3.43. The monoisotopic (exact) mass is 469 g/mol. The van der Waals surface area contributed by atoms with Crippen LogP contribution in [0.4, 0.5) is 14.9 Å². The van der Waals surface area contributed by atoms with E-state index in [1.807, 2.05) is 0 Å². The molecule has 5 nitrogen and oxygen atoms in total. The molecule has 1 saturated heterocycles. The maximum Gasteiger partial charge on any atom is 0.322 e. The van der Waals surface area contributed by atoms with Crippen molar-refractivity contribution in [1.82, 2.24) is 9.88 Å². The van der Waals surface area contributed by atoms with Crippen molar-refractivity contribution in [3.63, 3.8) is 0 Å². The number of amides is 2. The summed E-state index contributed by atoms with van der Waals surface area (Å²) in [6.07, 6.45) is 1.53. The number of anilines is 1. The van der Waals surface area contributed by atoms with Gasteiger partial charge in [-0.3, -0.25) is 0 Å². The van der Waals surface area contributed by atoms with Crippen molar-refractivity contribution in [1.29, 1.82) is 0 Å². The van der Waals surface area contributed by atoms with Gasteiger partial charge in [0.05, 0.1) is 15.7 Å². The maximum atomic E-state index is 14.2. The van der Waals surface area contributed by atoms with Crippen LogP contribution in [0.25, 0.3) is 22.2 Å². The van der Waals surface area contributed by atoms with Crippen molar-refractivity contribution in [2.24, 2.45) is 0 Å². The lowest BCUT2D eigenvalue weighted by atomic mass is 10.0. The molecule has 1 aliphatic rings. The summed E-state index contributed by atoms with van der Waals surface area (Å²) in [5.41, 5.74) is 2.78. The predicted octanol–water partition coefficient (Wildman–Crippen LogP) is 7.31. The van der Waals surface area contributed by atoms with Crippen LogP contribution in [-0.4, -0.2) is 22.5 Å². The second-order valence-electron chi connectivity index (χ2n) is 7.59. The van der Waals surface area contributed by atoms with E-state index >= 15 is 0 Å². The fourth-order valence-electron chi connectivity index (χ4n) is 4.01. The van der Waals surface area contributed by atoms with Crippen molar-refractivity contribution < 1.29 is 13.6 Å². The molecule has 1 aliphatic heterocycles. The van der Waals surface area contributed by atoms with Crippen LogP contribution in [0.2, 0.25) is 10.0 Å². The van der Waals surface area contributed by atoms with Crippen molar-refractivity contribution in [3.05, 3.63) is 82.4 Å². The largest absolute Gasteiger partial charge is 0.438 e. The summed E-state index contributed by atoms with van der Waals surface area (Å²) >= 11 is 12.4. The summed E-state index contributed by atoms with van der Waals surface area (Å²) in [5.74, 6) is 0.149. The van der Waals surface area contributed by atoms with E-state index < -0.39 is 0 Å². The number of fused-ring (bicyclic) bond motifs is 1. The van der Waals surface area contributed by atoms with Gasteiger partial charge in [0.2, 0.25) is 5.89 Å². The smallest absolute Gasteiger partial charge is 0.322 e. The fraction of sp³-hybridized carbons (Fsp3) is 0.167. The number of rotatable bonds is 3. The molecule has 0 spiro atoms. The fourth-order valence-corrected chi connectivity index (χ4v) is 4.51. The molecular formula is C24H18Cl2FN3O2. The van der Waals surface area contributed by atoms with E-state index in [-0.39, 0.29) is 17.9 Å². The number of carbonyl (C=O) groups excluding carboxylic acids is 1. The van der Waals surface area contributed by atoms with Crippen LogP contribution in [0, 0.1) is 5.82 Å². The first kappa shape index (κ1) is 20.8. The number of halogens is 3. The van der Waals surface area contributed by atoms with Gasteiger partial charge in [0, 0.05) is 12.1 Å². The second kappa shape index (κ2) is 8.45. The number of hydrogen-bond acceptors (Lipinski definition) is 3. The number of carbonyl (C=O) groups is 1. The molecule has 0 radical (unpaired) electrons. The average molecular weight is 470 g/mol. The maximum absolute atomic E-state index is 14.2. The highest BCUT2D eigenvalue weighted by Crippen LogP contribution is 2.36. The highest BCUT2D eigenvalue weighted by Gasteiger charge is 2.34. The molecule has 1 aromatic heterocycles. The van der Waals surface area contributed by atoms with Crippen molar-refractivity contribution >= 4 is 46.0 Å². The third-order valence-corrected chi connectivity index (χ3v) is 6.21. The molecule has 32 heavy (non-hydrogen) atoms. The van der Waals surface area contributed by atoms with Crippen molar-refractivity contribution in [3.8, 4) is 11.1 Å².